The molecule has 0 aliphatic carbocycles. The number of hydrogen-bond acceptors (Lipinski definition) is 0. The summed E-state index contributed by atoms with van der Waals surface area (Å²) in [4.78, 5) is 0. The first-order valence-corrected chi connectivity index (χ1v) is 3.69. The molecule has 8 heavy (non-hydrogen) atoms. The molecule has 2 N–H and O–H groups in total. The summed E-state index contributed by atoms with van der Waals surface area (Å²) in [5.41, 5.74) is 0. The Bertz CT molecular complexity index is 109. The molecule has 0 aromatic heterocycles. The van der Waals surface area contributed by atoms with Crippen LogP contribution in [0.15, 0.2) is 18.2 Å². The molecule has 0 aromatic carbocycles. The van der Waals surface area contributed by atoms with E-state index in [0.717, 1.165) is 21.4 Å². The number of halogens is 1. The van der Waals surface area contributed by atoms with Gasteiger partial charge in [-0.25, -0.2) is 0 Å². The van der Waals surface area contributed by atoms with Crippen LogP contribution in [0.5, 0.6) is 0 Å². The molecule has 0 fully saturated rings. The second-order valence-corrected chi connectivity index (χ2v) is 4.02. The van der Waals surface area contributed by atoms with Crippen molar-refractivity contribution in [1.82, 2.24) is 0 Å². The van der Waals surface area contributed by atoms with Crippen LogP contribution in [-0.2, 0) is 17.9 Å². The monoisotopic (exact) mass is 179 g/mol. The van der Waals surface area contributed by atoms with Gasteiger partial charge < -0.3 is 6.15 Å². The fourth-order valence-corrected chi connectivity index (χ4v) is 0.518. The van der Waals surface area contributed by atoms with E-state index in [1.807, 2.05) is 0 Å². The first kappa shape index (κ1) is 11.1. The van der Waals surface area contributed by atoms with Gasteiger partial charge in [0, 0.05) is 0 Å². The van der Waals surface area contributed by atoms with Crippen molar-refractivity contribution in [3.05, 3.63) is 31.0 Å². The maximum absolute atomic E-state index is 5.47. The third-order valence-corrected chi connectivity index (χ3v) is 1.01. The van der Waals surface area contributed by atoms with Gasteiger partial charge >= 0.3 is 57.8 Å². The zero-order chi connectivity index (χ0) is 5.70. The minimum atomic E-state index is 0. The van der Waals surface area contributed by atoms with Crippen molar-refractivity contribution in [2.75, 3.05) is 0 Å². The third-order valence-electron chi connectivity index (χ3n) is 0.388. The average Bonchev–Trinajstić information content (AvgIpc) is 1.61. The molecule has 0 saturated carbocycles. The first-order chi connectivity index (χ1) is 3.27. The topological polar surface area (TPSA) is 33.5 Å². The molecule has 42 valence electrons. The minimum absolute atomic E-state index is 0. The Labute approximate surface area is 64.2 Å². The largest absolute Gasteiger partial charge is 0.693 e. The van der Waals surface area contributed by atoms with E-state index in [4.69, 9.17) is 18.2 Å². The van der Waals surface area contributed by atoms with Crippen molar-refractivity contribution in [2.45, 2.75) is 0 Å². The summed E-state index contributed by atoms with van der Waals surface area (Å²) in [5, 5.41) is 0. The molecule has 0 amide bonds. The molecule has 0 bridgehead atoms. The molecular weight excluding hydrogens is 175 g/mol. The predicted molar refractivity (Wildman–Crippen MR) is 34.2 cm³/mol. The maximum Gasteiger partial charge on any atom is -0.693 e. The van der Waals surface area contributed by atoms with Gasteiger partial charge in [0.2, 0.25) is 0 Å². The fourth-order valence-electron chi connectivity index (χ4n) is 0.160. The average molecular weight is 181 g/mol. The molecule has 0 heterocycles. The van der Waals surface area contributed by atoms with Crippen LogP contribution in [0.3, 0.4) is 0 Å². The summed E-state index contributed by atoms with van der Waals surface area (Å²) >= 11 is 6.46. The van der Waals surface area contributed by atoms with Crippen molar-refractivity contribution in [3.8, 4) is 0 Å². The van der Waals surface area contributed by atoms with Gasteiger partial charge in [0.15, 0.2) is 0 Å². The smallest absolute Gasteiger partial charge is 0.693 e. The molecule has 0 aromatic rings. The van der Waals surface area contributed by atoms with Gasteiger partial charge in [-0.1, -0.05) is 0 Å². The Morgan fingerprint density at radius 3 is 2.25 bits per heavy atom. The van der Waals surface area contributed by atoms with Crippen LogP contribution >= 0.6 is 11.6 Å². The van der Waals surface area contributed by atoms with E-state index >= 15 is 0 Å². The van der Waals surface area contributed by atoms with Crippen LogP contribution in [0.2, 0.25) is 0 Å². The van der Waals surface area contributed by atoms with E-state index in [0.29, 0.717) is 0 Å². The van der Waals surface area contributed by atoms with E-state index in [1.54, 1.807) is 12.2 Å². The van der Waals surface area contributed by atoms with Crippen LogP contribution in [0.1, 0.15) is 0 Å². The third kappa shape index (κ3) is 9.52. The van der Waals surface area contributed by atoms with Gasteiger partial charge in [-0.05, 0) is 0 Å². The molecule has 0 rings (SSSR count). The van der Waals surface area contributed by atoms with Gasteiger partial charge in [-0.15, -0.1) is 0 Å². The van der Waals surface area contributed by atoms with Crippen molar-refractivity contribution in [1.29, 1.82) is 0 Å². The molecule has 0 saturated heterocycles. The summed E-state index contributed by atoms with van der Waals surface area (Å²) in [6.45, 7) is 5.01. The van der Waals surface area contributed by atoms with E-state index in [-0.39, 0.29) is 6.15 Å². The van der Waals surface area contributed by atoms with Gasteiger partial charge in [-0.2, -0.15) is 0 Å². The number of allylic oxidation sites excluding steroid dienone is 3. The summed E-state index contributed by atoms with van der Waals surface area (Å²) < 4.78 is 0.863. The standard InChI is InChI=1S/C5H4Cl.H2N.Zn/c1-2-3-4-5-6;;/h1-4H;1H2;/q2*-1;/b4-3-;;. The zero-order valence-corrected chi connectivity index (χ0v) is 8.19. The molecule has 0 aliphatic rings. The second kappa shape index (κ2) is 7.22. The van der Waals surface area contributed by atoms with Gasteiger partial charge in [0.05, 0.1) is 0 Å². The molecule has 0 spiro atoms. The Morgan fingerprint density at radius 1 is 1.62 bits per heavy atom. The van der Waals surface area contributed by atoms with Gasteiger partial charge in [-0.3, -0.25) is 0 Å². The van der Waals surface area contributed by atoms with Gasteiger partial charge in [0.25, 0.3) is 0 Å². The van der Waals surface area contributed by atoms with Crippen LogP contribution in [0, 0.1) is 6.58 Å². The Balaban J connectivity index is 0. The number of hydrogen-bond donors (Lipinski definition) is 0. The van der Waals surface area contributed by atoms with Crippen molar-refractivity contribution >= 4 is 15.2 Å². The quantitative estimate of drug-likeness (QED) is 0.355. The van der Waals surface area contributed by atoms with Crippen molar-refractivity contribution in [2.24, 2.45) is 0 Å². The molecule has 0 radical (unpaired) electrons. The predicted octanol–water partition coefficient (Wildman–Crippen LogP) is 2.16. The van der Waals surface area contributed by atoms with E-state index in [1.165, 1.54) is 6.08 Å². The first-order valence-electron chi connectivity index (χ1n) is 1.83. The van der Waals surface area contributed by atoms with Crippen LogP contribution in [0.4, 0.5) is 0 Å². The maximum atomic E-state index is 5.47. The minimum Gasteiger partial charge on any atom is -0.693 e. The van der Waals surface area contributed by atoms with E-state index < -0.39 is 0 Å². The number of rotatable bonds is 2. The van der Waals surface area contributed by atoms with Crippen molar-refractivity contribution < 1.29 is 17.9 Å². The summed E-state index contributed by atoms with van der Waals surface area (Å²) in [6, 6.07) is 0. The SMILES string of the molecule is [CH-]=C/C=C\[C](Cl)=[Zn].[NH2-]. The normalized spacial score (nSPS) is 8.38. The Hall–Kier alpha value is 0.223. The Morgan fingerprint density at radius 2 is 2.12 bits per heavy atom. The van der Waals surface area contributed by atoms with Crippen molar-refractivity contribution in [3.63, 3.8) is 0 Å². The van der Waals surface area contributed by atoms with Gasteiger partial charge in [0.1, 0.15) is 0 Å². The summed E-state index contributed by atoms with van der Waals surface area (Å²) in [7, 11) is 0. The van der Waals surface area contributed by atoms with E-state index in [9.17, 15) is 0 Å². The molecule has 0 atom stereocenters. The van der Waals surface area contributed by atoms with E-state index in [2.05, 4.69) is 0 Å². The fraction of sp³-hybridized carbons (Fsp3) is 0. The molecule has 0 unspecified atom stereocenters. The molecule has 0 aliphatic heterocycles. The Kier molecular flexibility index (Phi) is 10.0. The molecular formula is C5H6ClNZn-2. The zero-order valence-electron chi connectivity index (χ0n) is 4.47. The van der Waals surface area contributed by atoms with Crippen LogP contribution in [-0.4, -0.2) is 3.57 Å². The molecule has 3 heteroatoms. The second-order valence-electron chi connectivity index (χ2n) is 0.998. The van der Waals surface area contributed by atoms with Crippen LogP contribution < -0.4 is 0 Å². The summed E-state index contributed by atoms with van der Waals surface area (Å²) in [6.07, 6.45) is 4.95. The summed E-state index contributed by atoms with van der Waals surface area (Å²) in [5.74, 6) is 0. The molecule has 1 nitrogen and oxygen atoms in total. The number of nitrogens with two attached hydrogens (primary N) is 1. The van der Waals surface area contributed by atoms with Crippen LogP contribution in [0.25, 0.3) is 6.15 Å².